The standard InChI is InChI=1S/C16H22N4O2S/c1-18(11-15(21)20-7-5-17-6-8-20)10-12-3-4-13-14(9-12)23-16(22)19(13)2/h3-4,9,17H,5-8,10-11H2,1-2H3. The third-order valence-electron chi connectivity index (χ3n) is 4.18. The molecule has 1 aromatic carbocycles. The van der Waals surface area contributed by atoms with Gasteiger partial charge in [-0.25, -0.2) is 0 Å². The molecule has 0 aliphatic carbocycles. The minimum absolute atomic E-state index is 0.0550. The highest BCUT2D eigenvalue weighted by atomic mass is 32.1. The highest BCUT2D eigenvalue weighted by Gasteiger charge is 2.17. The Morgan fingerprint density at radius 1 is 1.35 bits per heavy atom. The van der Waals surface area contributed by atoms with E-state index in [1.54, 1.807) is 11.6 Å². The number of rotatable bonds is 4. The van der Waals surface area contributed by atoms with Crippen molar-refractivity contribution in [2.75, 3.05) is 39.8 Å². The molecule has 2 aromatic rings. The summed E-state index contributed by atoms with van der Waals surface area (Å²) in [5.74, 6) is 0.180. The maximum absolute atomic E-state index is 12.3. The molecule has 7 heteroatoms. The Bertz CT molecular complexity index is 761. The van der Waals surface area contributed by atoms with Crippen LogP contribution in [0.1, 0.15) is 5.56 Å². The first-order valence-corrected chi connectivity index (χ1v) is 8.62. The van der Waals surface area contributed by atoms with Crippen LogP contribution in [-0.4, -0.2) is 60.0 Å². The first-order chi connectivity index (χ1) is 11.0. The van der Waals surface area contributed by atoms with Gasteiger partial charge in [0.25, 0.3) is 0 Å². The summed E-state index contributed by atoms with van der Waals surface area (Å²) in [7, 11) is 3.75. The molecule has 1 aliphatic rings. The fourth-order valence-corrected chi connectivity index (χ4v) is 3.83. The quantitative estimate of drug-likeness (QED) is 0.883. The number of thiazole rings is 1. The van der Waals surface area contributed by atoms with Gasteiger partial charge in [-0.2, -0.15) is 0 Å². The lowest BCUT2D eigenvalue weighted by atomic mass is 10.2. The van der Waals surface area contributed by atoms with Crippen LogP contribution < -0.4 is 10.2 Å². The number of fused-ring (bicyclic) bond motifs is 1. The van der Waals surface area contributed by atoms with Crippen LogP contribution in [-0.2, 0) is 18.4 Å². The lowest BCUT2D eigenvalue weighted by molar-refractivity contribution is -0.132. The minimum Gasteiger partial charge on any atom is -0.339 e. The number of hydrogen-bond acceptors (Lipinski definition) is 5. The maximum atomic E-state index is 12.3. The van der Waals surface area contributed by atoms with Crippen LogP contribution >= 0.6 is 11.3 Å². The van der Waals surface area contributed by atoms with E-state index in [4.69, 9.17) is 0 Å². The van der Waals surface area contributed by atoms with E-state index in [-0.39, 0.29) is 10.8 Å². The van der Waals surface area contributed by atoms with Gasteiger partial charge >= 0.3 is 4.87 Å². The van der Waals surface area contributed by atoms with Gasteiger partial charge < -0.3 is 14.8 Å². The zero-order valence-electron chi connectivity index (χ0n) is 13.5. The number of likely N-dealkylation sites (N-methyl/N-ethyl adjacent to an activating group) is 1. The number of carbonyl (C=O) groups is 1. The molecule has 0 atom stereocenters. The van der Waals surface area contributed by atoms with Gasteiger partial charge in [0.2, 0.25) is 5.91 Å². The van der Waals surface area contributed by atoms with Crippen LogP contribution in [0.4, 0.5) is 0 Å². The number of aryl methyl sites for hydroxylation is 1. The largest absolute Gasteiger partial charge is 0.339 e. The Morgan fingerprint density at radius 3 is 2.83 bits per heavy atom. The topological polar surface area (TPSA) is 57.6 Å². The predicted molar refractivity (Wildman–Crippen MR) is 92.8 cm³/mol. The maximum Gasteiger partial charge on any atom is 0.307 e. The minimum atomic E-state index is 0.0550. The average Bonchev–Trinajstić information content (AvgIpc) is 2.82. The molecule has 0 saturated carbocycles. The number of aromatic nitrogens is 1. The summed E-state index contributed by atoms with van der Waals surface area (Å²) in [6.07, 6.45) is 0. The molecule has 1 amide bonds. The van der Waals surface area contributed by atoms with E-state index < -0.39 is 0 Å². The Hall–Kier alpha value is -1.70. The molecule has 1 fully saturated rings. The Morgan fingerprint density at radius 2 is 2.09 bits per heavy atom. The molecule has 1 aliphatic heterocycles. The third-order valence-corrected chi connectivity index (χ3v) is 5.18. The second-order valence-corrected chi connectivity index (χ2v) is 7.03. The van der Waals surface area contributed by atoms with Gasteiger partial charge in [0, 0.05) is 39.8 Å². The van der Waals surface area contributed by atoms with Crippen molar-refractivity contribution in [2.24, 2.45) is 7.05 Å². The van der Waals surface area contributed by atoms with Crippen LogP contribution in [0, 0.1) is 0 Å². The SMILES string of the molecule is CN(CC(=O)N1CCNCC1)Cc1ccc2c(c1)sc(=O)n2C. The molecular weight excluding hydrogens is 312 g/mol. The van der Waals surface area contributed by atoms with Gasteiger partial charge in [0.1, 0.15) is 0 Å². The zero-order chi connectivity index (χ0) is 16.4. The van der Waals surface area contributed by atoms with Crippen LogP contribution in [0.25, 0.3) is 10.2 Å². The normalized spacial score (nSPS) is 15.5. The number of piperazine rings is 1. The second kappa shape index (κ2) is 6.82. The summed E-state index contributed by atoms with van der Waals surface area (Å²) in [6, 6.07) is 6.06. The molecule has 6 nitrogen and oxygen atoms in total. The molecule has 0 spiro atoms. The average molecular weight is 334 g/mol. The molecule has 2 heterocycles. The number of nitrogens with one attached hydrogen (secondary N) is 1. The zero-order valence-corrected chi connectivity index (χ0v) is 14.4. The van der Waals surface area contributed by atoms with Gasteiger partial charge in [0.15, 0.2) is 0 Å². The van der Waals surface area contributed by atoms with Crippen molar-refractivity contribution in [3.05, 3.63) is 33.4 Å². The molecule has 0 bridgehead atoms. The second-order valence-electron chi connectivity index (χ2n) is 6.03. The fraction of sp³-hybridized carbons (Fsp3) is 0.500. The number of carbonyl (C=O) groups excluding carboxylic acids is 1. The summed E-state index contributed by atoms with van der Waals surface area (Å²) in [5, 5.41) is 3.25. The van der Waals surface area contributed by atoms with E-state index in [0.717, 1.165) is 42.0 Å². The van der Waals surface area contributed by atoms with Crippen molar-refractivity contribution in [1.82, 2.24) is 19.7 Å². The van der Waals surface area contributed by atoms with Crippen molar-refractivity contribution in [3.63, 3.8) is 0 Å². The first-order valence-electron chi connectivity index (χ1n) is 7.80. The molecule has 0 unspecified atom stereocenters. The Labute approximate surface area is 139 Å². The van der Waals surface area contributed by atoms with E-state index in [0.29, 0.717) is 13.1 Å². The summed E-state index contributed by atoms with van der Waals surface area (Å²) in [4.78, 5) is 28.0. The molecular formula is C16H22N4O2S. The van der Waals surface area contributed by atoms with Crippen molar-refractivity contribution in [3.8, 4) is 0 Å². The van der Waals surface area contributed by atoms with Gasteiger partial charge in [-0.05, 0) is 24.7 Å². The van der Waals surface area contributed by atoms with E-state index in [2.05, 4.69) is 5.32 Å². The number of hydrogen-bond donors (Lipinski definition) is 1. The fourth-order valence-electron chi connectivity index (χ4n) is 2.89. The van der Waals surface area contributed by atoms with Crippen LogP contribution in [0.3, 0.4) is 0 Å². The van der Waals surface area contributed by atoms with Gasteiger partial charge in [-0.1, -0.05) is 17.4 Å². The summed E-state index contributed by atoms with van der Waals surface area (Å²) < 4.78 is 2.67. The highest BCUT2D eigenvalue weighted by molar-refractivity contribution is 7.16. The lowest BCUT2D eigenvalue weighted by Crippen LogP contribution is -2.49. The lowest BCUT2D eigenvalue weighted by Gasteiger charge is -2.29. The molecule has 3 rings (SSSR count). The van der Waals surface area contributed by atoms with Crippen LogP contribution in [0.2, 0.25) is 0 Å². The predicted octanol–water partition coefficient (Wildman–Crippen LogP) is 0.464. The van der Waals surface area contributed by atoms with Crippen molar-refractivity contribution >= 4 is 27.5 Å². The van der Waals surface area contributed by atoms with E-state index in [1.165, 1.54) is 11.3 Å². The Balaban J connectivity index is 1.64. The highest BCUT2D eigenvalue weighted by Crippen LogP contribution is 2.19. The van der Waals surface area contributed by atoms with Gasteiger partial charge in [0.05, 0.1) is 16.8 Å². The number of amides is 1. The van der Waals surface area contributed by atoms with Crippen molar-refractivity contribution in [2.45, 2.75) is 6.54 Å². The molecule has 124 valence electrons. The molecule has 0 radical (unpaired) electrons. The van der Waals surface area contributed by atoms with E-state index in [9.17, 15) is 9.59 Å². The smallest absolute Gasteiger partial charge is 0.307 e. The summed E-state index contributed by atoms with van der Waals surface area (Å²) >= 11 is 1.26. The van der Waals surface area contributed by atoms with E-state index >= 15 is 0 Å². The number of nitrogens with zero attached hydrogens (tertiary/aromatic N) is 3. The summed E-state index contributed by atoms with van der Waals surface area (Å²) in [5.41, 5.74) is 2.08. The molecule has 1 saturated heterocycles. The molecule has 1 aromatic heterocycles. The van der Waals surface area contributed by atoms with Gasteiger partial charge in [-0.15, -0.1) is 0 Å². The molecule has 23 heavy (non-hydrogen) atoms. The molecule has 1 N–H and O–H groups in total. The van der Waals surface area contributed by atoms with E-state index in [1.807, 2.05) is 35.0 Å². The van der Waals surface area contributed by atoms with Crippen LogP contribution in [0.15, 0.2) is 23.0 Å². The Kier molecular flexibility index (Phi) is 4.79. The first kappa shape index (κ1) is 16.2. The number of benzene rings is 1. The third kappa shape index (κ3) is 3.63. The van der Waals surface area contributed by atoms with Crippen LogP contribution in [0.5, 0.6) is 0 Å². The van der Waals surface area contributed by atoms with Crippen molar-refractivity contribution in [1.29, 1.82) is 0 Å². The monoisotopic (exact) mass is 334 g/mol. The summed E-state index contributed by atoms with van der Waals surface area (Å²) in [6.45, 7) is 4.44. The van der Waals surface area contributed by atoms with Gasteiger partial charge in [-0.3, -0.25) is 14.5 Å². The van der Waals surface area contributed by atoms with Crippen molar-refractivity contribution < 1.29 is 4.79 Å².